The number of amides is 1. The first-order chi connectivity index (χ1) is 15.5. The van der Waals surface area contributed by atoms with Gasteiger partial charge in [-0.05, 0) is 84.1 Å². The topological polar surface area (TPSA) is 50.7 Å². The number of hydrogen-bond acceptors (Lipinski definition) is 3. The lowest BCUT2D eigenvalue weighted by molar-refractivity contribution is 0.0957. The minimum atomic E-state index is -0.265. The maximum Gasteiger partial charge on any atom is 0.271 e. The molecular formula is C25H17Br2ClN2O2. The van der Waals surface area contributed by atoms with Gasteiger partial charge in [0.25, 0.3) is 5.91 Å². The maximum atomic E-state index is 12.6. The van der Waals surface area contributed by atoms with E-state index in [2.05, 4.69) is 42.4 Å². The summed E-state index contributed by atoms with van der Waals surface area (Å²) in [5.41, 5.74) is 4.98. The highest BCUT2D eigenvalue weighted by molar-refractivity contribution is 9.11. The molecule has 0 saturated carbocycles. The lowest BCUT2D eigenvalue weighted by Crippen LogP contribution is -2.17. The Balaban J connectivity index is 1.44. The van der Waals surface area contributed by atoms with Crippen LogP contribution in [0, 0.1) is 0 Å². The first-order valence-electron chi connectivity index (χ1n) is 9.69. The zero-order chi connectivity index (χ0) is 22.5. The number of hydrogen-bond donors (Lipinski definition) is 1. The molecule has 0 unspecified atom stereocenters. The van der Waals surface area contributed by atoms with Gasteiger partial charge in [0.15, 0.2) is 0 Å². The second-order valence-electron chi connectivity index (χ2n) is 6.95. The van der Waals surface area contributed by atoms with Crippen LogP contribution in [0.1, 0.15) is 21.5 Å². The molecular weight excluding hydrogens is 556 g/mol. The molecule has 0 aliphatic rings. The highest BCUT2D eigenvalue weighted by Crippen LogP contribution is 2.35. The van der Waals surface area contributed by atoms with Crippen molar-refractivity contribution in [1.29, 1.82) is 0 Å². The molecule has 1 amide bonds. The van der Waals surface area contributed by atoms with Gasteiger partial charge < -0.3 is 4.74 Å². The number of fused-ring (bicyclic) bond motifs is 1. The first kappa shape index (κ1) is 22.5. The summed E-state index contributed by atoms with van der Waals surface area (Å²) in [7, 11) is 0. The summed E-state index contributed by atoms with van der Waals surface area (Å²) in [6, 6.07) is 24.6. The van der Waals surface area contributed by atoms with Crippen LogP contribution in [0.25, 0.3) is 10.8 Å². The molecule has 4 rings (SSSR count). The molecule has 0 spiro atoms. The number of nitrogens with zero attached hydrogens (tertiary/aromatic N) is 1. The molecule has 32 heavy (non-hydrogen) atoms. The van der Waals surface area contributed by atoms with E-state index in [0.717, 1.165) is 30.8 Å². The van der Waals surface area contributed by atoms with Crippen molar-refractivity contribution < 1.29 is 9.53 Å². The Labute approximate surface area is 207 Å². The van der Waals surface area contributed by atoms with E-state index in [1.54, 1.807) is 12.3 Å². The zero-order valence-electron chi connectivity index (χ0n) is 16.7. The molecule has 0 saturated heterocycles. The van der Waals surface area contributed by atoms with Crippen LogP contribution in [0.3, 0.4) is 0 Å². The van der Waals surface area contributed by atoms with Gasteiger partial charge in [0.1, 0.15) is 12.4 Å². The highest BCUT2D eigenvalue weighted by Gasteiger charge is 2.10. The van der Waals surface area contributed by atoms with Crippen LogP contribution < -0.4 is 10.2 Å². The molecule has 160 valence electrons. The van der Waals surface area contributed by atoms with Crippen LogP contribution in [-0.2, 0) is 6.61 Å². The zero-order valence-corrected chi connectivity index (χ0v) is 20.6. The third kappa shape index (κ3) is 5.38. The molecule has 7 heteroatoms. The van der Waals surface area contributed by atoms with Gasteiger partial charge in [-0.2, -0.15) is 5.10 Å². The predicted octanol–water partition coefficient (Wildman–Crippen LogP) is 7.36. The second kappa shape index (κ2) is 10.3. The van der Waals surface area contributed by atoms with Crippen LogP contribution in [0.4, 0.5) is 0 Å². The van der Waals surface area contributed by atoms with Gasteiger partial charge in [-0.1, -0.05) is 60.1 Å². The van der Waals surface area contributed by atoms with Crippen molar-refractivity contribution in [2.24, 2.45) is 5.10 Å². The van der Waals surface area contributed by atoms with Crippen molar-refractivity contribution in [2.45, 2.75) is 6.61 Å². The van der Waals surface area contributed by atoms with E-state index in [9.17, 15) is 4.79 Å². The van der Waals surface area contributed by atoms with Crippen molar-refractivity contribution in [3.8, 4) is 5.75 Å². The summed E-state index contributed by atoms with van der Waals surface area (Å²) in [4.78, 5) is 12.6. The van der Waals surface area contributed by atoms with E-state index in [-0.39, 0.29) is 5.91 Å². The molecule has 4 nitrogen and oxygen atoms in total. The Morgan fingerprint density at radius 3 is 2.41 bits per heavy atom. The van der Waals surface area contributed by atoms with Crippen molar-refractivity contribution in [3.05, 3.63) is 110 Å². The Bertz CT molecular complexity index is 1280. The molecule has 0 aromatic heterocycles. The van der Waals surface area contributed by atoms with E-state index in [1.165, 1.54) is 0 Å². The number of benzene rings is 4. The van der Waals surface area contributed by atoms with E-state index in [0.29, 0.717) is 22.9 Å². The first-order valence-corrected chi connectivity index (χ1v) is 11.6. The fourth-order valence-corrected chi connectivity index (χ4v) is 4.75. The van der Waals surface area contributed by atoms with Crippen molar-refractivity contribution in [2.75, 3.05) is 0 Å². The summed E-state index contributed by atoms with van der Waals surface area (Å²) in [5, 5.41) is 6.70. The van der Waals surface area contributed by atoms with Crippen molar-refractivity contribution in [3.63, 3.8) is 0 Å². The minimum Gasteiger partial charge on any atom is -0.487 e. The van der Waals surface area contributed by atoms with Crippen LogP contribution in [0.5, 0.6) is 5.75 Å². The number of rotatable bonds is 6. The lowest BCUT2D eigenvalue weighted by Gasteiger charge is -2.11. The molecule has 4 aromatic rings. The number of nitrogens with one attached hydrogen (secondary N) is 1. The van der Waals surface area contributed by atoms with Gasteiger partial charge >= 0.3 is 0 Å². The number of halogens is 3. The smallest absolute Gasteiger partial charge is 0.271 e. The van der Waals surface area contributed by atoms with Gasteiger partial charge in [-0.3, -0.25) is 4.79 Å². The second-order valence-corrected chi connectivity index (χ2v) is 9.10. The molecule has 0 heterocycles. The van der Waals surface area contributed by atoms with Crippen LogP contribution >= 0.6 is 43.5 Å². The van der Waals surface area contributed by atoms with Crippen molar-refractivity contribution in [1.82, 2.24) is 5.43 Å². The maximum absolute atomic E-state index is 12.6. The average Bonchev–Trinajstić information content (AvgIpc) is 2.79. The number of ether oxygens (including phenoxy) is 1. The third-order valence-corrected chi connectivity index (χ3v) is 6.16. The van der Waals surface area contributed by atoms with Crippen molar-refractivity contribution >= 4 is 66.4 Å². The number of hydrazone groups is 1. The Kier molecular flexibility index (Phi) is 7.25. The molecule has 4 aromatic carbocycles. The fraction of sp³-hybridized carbons (Fsp3) is 0.0400. The normalized spacial score (nSPS) is 11.1. The summed E-state index contributed by atoms with van der Waals surface area (Å²) in [6.07, 6.45) is 1.58. The highest BCUT2D eigenvalue weighted by atomic mass is 79.9. The van der Waals surface area contributed by atoms with Gasteiger partial charge in [-0.15, -0.1) is 0 Å². The molecule has 1 N–H and O–H groups in total. The molecule has 0 aliphatic carbocycles. The summed E-state index contributed by atoms with van der Waals surface area (Å²) < 4.78 is 7.47. The van der Waals surface area contributed by atoms with Gasteiger partial charge in [-0.25, -0.2) is 5.43 Å². The SMILES string of the molecule is O=C(N/N=C\c1cc(Br)c(OCc2ccc(Cl)cc2)c(Br)c1)c1cccc2ccccc12. The molecule has 0 aliphatic heterocycles. The van der Waals surface area contributed by atoms with E-state index in [4.69, 9.17) is 16.3 Å². The summed E-state index contributed by atoms with van der Waals surface area (Å²) >= 11 is 13.0. The lowest BCUT2D eigenvalue weighted by atomic mass is 10.0. The Morgan fingerprint density at radius 1 is 0.969 bits per heavy atom. The standard InChI is InChI=1S/C25H17Br2ClN2O2/c26-22-12-17(13-23(27)24(22)32-15-16-8-10-19(28)11-9-16)14-29-30-25(31)21-7-3-5-18-4-1-2-6-20(18)21/h1-14H,15H2,(H,30,31)/b29-14-. The number of carbonyl (C=O) groups is 1. The average molecular weight is 573 g/mol. The summed E-state index contributed by atoms with van der Waals surface area (Å²) in [6.45, 7) is 0.406. The minimum absolute atomic E-state index is 0.265. The molecule has 0 fully saturated rings. The van der Waals surface area contributed by atoms with Gasteiger partial charge in [0.2, 0.25) is 0 Å². The monoisotopic (exact) mass is 570 g/mol. The van der Waals surface area contributed by atoms with E-state index < -0.39 is 0 Å². The largest absolute Gasteiger partial charge is 0.487 e. The number of carbonyl (C=O) groups excluding carboxylic acids is 1. The Morgan fingerprint density at radius 2 is 1.66 bits per heavy atom. The quantitative estimate of drug-likeness (QED) is 0.194. The third-order valence-electron chi connectivity index (χ3n) is 4.73. The van der Waals surface area contributed by atoms with Crippen LogP contribution in [-0.4, -0.2) is 12.1 Å². The predicted molar refractivity (Wildman–Crippen MR) is 137 cm³/mol. The molecule has 0 radical (unpaired) electrons. The van der Waals surface area contributed by atoms with Crippen LogP contribution in [0.15, 0.2) is 92.9 Å². The Hall–Kier alpha value is -2.67. The fourth-order valence-electron chi connectivity index (χ4n) is 3.18. The van der Waals surface area contributed by atoms with E-state index >= 15 is 0 Å². The molecule has 0 bridgehead atoms. The van der Waals surface area contributed by atoms with Gasteiger partial charge in [0, 0.05) is 10.6 Å². The van der Waals surface area contributed by atoms with E-state index in [1.807, 2.05) is 72.8 Å². The van der Waals surface area contributed by atoms with Gasteiger partial charge in [0.05, 0.1) is 15.2 Å². The molecule has 0 atom stereocenters. The van der Waals surface area contributed by atoms with Crippen LogP contribution in [0.2, 0.25) is 5.02 Å². The summed E-state index contributed by atoms with van der Waals surface area (Å²) in [5.74, 6) is 0.413.